The molecule has 0 unspecified atom stereocenters. The molecule has 0 aliphatic carbocycles. The summed E-state index contributed by atoms with van der Waals surface area (Å²) in [5.41, 5.74) is 9.14. The largest absolute Gasteiger partial charge is 0.497 e. The number of aromatic nitrogens is 2. The Labute approximate surface area is 248 Å². The van der Waals surface area contributed by atoms with E-state index in [0.29, 0.717) is 12.8 Å². The van der Waals surface area contributed by atoms with Crippen molar-refractivity contribution >= 4 is 5.97 Å². The van der Waals surface area contributed by atoms with Crippen LogP contribution >= 0.6 is 0 Å². The Kier molecular flexibility index (Phi) is 8.58. The molecule has 5 aromatic rings. The normalized spacial score (nSPS) is 11.4. The van der Waals surface area contributed by atoms with E-state index in [1.54, 1.807) is 7.11 Å². The summed E-state index contributed by atoms with van der Waals surface area (Å²) in [5.74, 6) is 0.629. The molecule has 0 radical (unpaired) electrons. The first kappa shape index (κ1) is 28.9. The fourth-order valence-corrected chi connectivity index (χ4v) is 5.27. The first-order valence-corrected chi connectivity index (χ1v) is 14.5. The van der Waals surface area contributed by atoms with Crippen molar-refractivity contribution < 1.29 is 14.3 Å². The van der Waals surface area contributed by atoms with Crippen LogP contribution < -0.4 is 4.74 Å². The van der Waals surface area contributed by atoms with Gasteiger partial charge in [-0.3, -0.25) is 4.79 Å². The van der Waals surface area contributed by atoms with Gasteiger partial charge in [0.2, 0.25) is 0 Å². The molecule has 0 amide bonds. The zero-order valence-electron chi connectivity index (χ0n) is 25.1. The maximum Gasteiger partial charge on any atom is 0.306 e. The molecule has 0 bridgehead atoms. The van der Waals surface area contributed by atoms with Gasteiger partial charge in [-0.05, 0) is 80.6 Å². The van der Waals surface area contributed by atoms with E-state index < -0.39 is 5.60 Å². The molecule has 0 N–H and O–H groups in total. The van der Waals surface area contributed by atoms with Crippen LogP contribution in [0.15, 0.2) is 103 Å². The van der Waals surface area contributed by atoms with Crippen LogP contribution in [0.2, 0.25) is 0 Å². The Bertz CT molecular complexity index is 1660. The number of para-hydroxylation sites is 1. The summed E-state index contributed by atoms with van der Waals surface area (Å²) < 4.78 is 13.0. The molecule has 214 valence electrons. The van der Waals surface area contributed by atoms with Gasteiger partial charge in [0.15, 0.2) is 0 Å². The van der Waals surface area contributed by atoms with Crippen molar-refractivity contribution in [3.05, 3.63) is 114 Å². The molecule has 1 heterocycles. The predicted octanol–water partition coefficient (Wildman–Crippen LogP) is 8.72. The Morgan fingerprint density at radius 1 is 0.810 bits per heavy atom. The lowest BCUT2D eigenvalue weighted by Crippen LogP contribution is -2.24. The van der Waals surface area contributed by atoms with Gasteiger partial charge in [0.1, 0.15) is 17.0 Å². The van der Waals surface area contributed by atoms with Gasteiger partial charge in [0, 0.05) is 23.1 Å². The maximum absolute atomic E-state index is 12.4. The maximum atomic E-state index is 12.4. The second-order valence-electron chi connectivity index (χ2n) is 11.3. The van der Waals surface area contributed by atoms with E-state index >= 15 is 0 Å². The quantitative estimate of drug-likeness (QED) is 0.170. The van der Waals surface area contributed by atoms with Crippen LogP contribution in [0.1, 0.15) is 45.4 Å². The molecule has 0 spiro atoms. The first-order chi connectivity index (χ1) is 20.3. The molecule has 5 heteroatoms. The summed E-state index contributed by atoms with van der Waals surface area (Å²) in [7, 11) is 1.68. The molecule has 0 saturated heterocycles. The summed E-state index contributed by atoms with van der Waals surface area (Å²) in [6.07, 6.45) is 1.76. The summed E-state index contributed by atoms with van der Waals surface area (Å²) >= 11 is 0. The first-order valence-electron chi connectivity index (χ1n) is 14.5. The number of carbonyl (C=O) groups excluding carboxylic acids is 1. The number of ether oxygens (including phenoxy) is 2. The highest BCUT2D eigenvalue weighted by Crippen LogP contribution is 2.38. The van der Waals surface area contributed by atoms with Crippen molar-refractivity contribution in [3.63, 3.8) is 0 Å². The van der Waals surface area contributed by atoms with Gasteiger partial charge >= 0.3 is 5.97 Å². The number of rotatable bonds is 9. The zero-order valence-corrected chi connectivity index (χ0v) is 25.1. The molecule has 0 atom stereocenters. The lowest BCUT2D eigenvalue weighted by molar-refractivity contribution is -0.154. The van der Waals surface area contributed by atoms with Crippen molar-refractivity contribution in [1.82, 2.24) is 9.78 Å². The van der Waals surface area contributed by atoms with Crippen molar-refractivity contribution in [2.75, 3.05) is 7.11 Å². The van der Waals surface area contributed by atoms with Crippen molar-refractivity contribution in [2.24, 2.45) is 0 Å². The van der Waals surface area contributed by atoms with Gasteiger partial charge < -0.3 is 9.47 Å². The van der Waals surface area contributed by atoms with Crippen LogP contribution in [0.5, 0.6) is 5.75 Å². The Morgan fingerprint density at radius 3 is 2.19 bits per heavy atom. The monoisotopic (exact) mass is 558 g/mol. The van der Waals surface area contributed by atoms with E-state index in [9.17, 15) is 4.79 Å². The van der Waals surface area contributed by atoms with Gasteiger partial charge in [-0.15, -0.1) is 0 Å². The van der Waals surface area contributed by atoms with Crippen molar-refractivity contribution in [1.29, 1.82) is 0 Å². The number of esters is 1. The van der Waals surface area contributed by atoms with Crippen LogP contribution in [0.4, 0.5) is 0 Å². The molecule has 0 saturated carbocycles. The van der Waals surface area contributed by atoms with Crippen LogP contribution in [-0.4, -0.2) is 28.5 Å². The van der Waals surface area contributed by atoms with E-state index in [-0.39, 0.29) is 5.97 Å². The van der Waals surface area contributed by atoms with Crippen LogP contribution in [0, 0.1) is 0 Å². The van der Waals surface area contributed by atoms with E-state index in [4.69, 9.17) is 14.6 Å². The average molecular weight is 559 g/mol. The molecule has 5 nitrogen and oxygen atoms in total. The molecule has 42 heavy (non-hydrogen) atoms. The van der Waals surface area contributed by atoms with Gasteiger partial charge in [0.05, 0.1) is 18.5 Å². The van der Waals surface area contributed by atoms with E-state index in [2.05, 4.69) is 96.5 Å². The number of hydrogen-bond donors (Lipinski definition) is 0. The highest BCUT2D eigenvalue weighted by Gasteiger charge is 2.22. The van der Waals surface area contributed by atoms with E-state index in [1.807, 2.05) is 39.0 Å². The minimum Gasteiger partial charge on any atom is -0.497 e. The van der Waals surface area contributed by atoms with Crippen LogP contribution in [0.25, 0.3) is 39.2 Å². The Hall–Kier alpha value is -4.64. The Balaban J connectivity index is 1.59. The predicted molar refractivity (Wildman–Crippen MR) is 170 cm³/mol. The second kappa shape index (κ2) is 12.5. The number of aryl methyl sites for hydroxylation is 1. The summed E-state index contributed by atoms with van der Waals surface area (Å²) in [5, 5.41) is 5.27. The number of carbonyl (C=O) groups is 1. The summed E-state index contributed by atoms with van der Waals surface area (Å²) in [6, 6.07) is 35.3. The Morgan fingerprint density at radius 2 is 1.50 bits per heavy atom. The summed E-state index contributed by atoms with van der Waals surface area (Å²) in [4.78, 5) is 12.4. The highest BCUT2D eigenvalue weighted by atomic mass is 16.6. The fraction of sp³-hybridized carbons (Fsp3) is 0.243. The third-order valence-electron chi connectivity index (χ3n) is 7.15. The van der Waals surface area contributed by atoms with E-state index in [1.165, 1.54) is 0 Å². The SMILES string of the molecule is CCc1c(-c2ccccc2)c(-c2ccc(OC)cc2)nn1-c1ccccc1-c1cccc(CCC(=O)OC(C)(C)C)c1. The lowest BCUT2D eigenvalue weighted by atomic mass is 9.97. The number of nitrogens with zero attached hydrogens (tertiary/aromatic N) is 2. The van der Waals surface area contributed by atoms with Gasteiger partial charge in [0.25, 0.3) is 0 Å². The minimum atomic E-state index is -0.484. The second-order valence-corrected chi connectivity index (χ2v) is 11.3. The molecule has 0 aliphatic heterocycles. The van der Waals surface area contributed by atoms with Gasteiger partial charge in [-0.2, -0.15) is 5.10 Å². The smallest absolute Gasteiger partial charge is 0.306 e. The van der Waals surface area contributed by atoms with Gasteiger partial charge in [-0.25, -0.2) is 4.68 Å². The summed E-state index contributed by atoms with van der Waals surface area (Å²) in [6.45, 7) is 7.86. The molecule has 1 aromatic heterocycles. The molecule has 4 aromatic carbocycles. The third kappa shape index (κ3) is 6.46. The molecular weight excluding hydrogens is 520 g/mol. The average Bonchev–Trinajstić information content (AvgIpc) is 3.39. The van der Waals surface area contributed by atoms with Crippen molar-refractivity contribution in [2.45, 2.75) is 52.6 Å². The van der Waals surface area contributed by atoms with E-state index in [0.717, 1.165) is 62.6 Å². The lowest BCUT2D eigenvalue weighted by Gasteiger charge is -2.19. The number of hydrogen-bond acceptors (Lipinski definition) is 4. The van der Waals surface area contributed by atoms with Crippen LogP contribution in [-0.2, 0) is 22.4 Å². The van der Waals surface area contributed by atoms with Crippen LogP contribution in [0.3, 0.4) is 0 Å². The van der Waals surface area contributed by atoms with Crippen molar-refractivity contribution in [3.8, 4) is 44.9 Å². The zero-order chi connectivity index (χ0) is 29.7. The minimum absolute atomic E-state index is 0.183. The fourth-order valence-electron chi connectivity index (χ4n) is 5.27. The molecule has 0 fully saturated rings. The molecule has 5 rings (SSSR count). The molecule has 0 aliphatic rings. The van der Waals surface area contributed by atoms with Gasteiger partial charge in [-0.1, -0.05) is 79.7 Å². The third-order valence-corrected chi connectivity index (χ3v) is 7.15. The standard InChI is InChI=1S/C37H38N2O3/c1-6-32-35(27-14-8-7-9-15-27)36(28-20-22-30(41-5)23-21-28)38-39(32)33-18-11-10-17-31(33)29-16-12-13-26(25-29)19-24-34(40)42-37(2,3)4/h7-18,20-23,25H,6,19,24H2,1-5H3. The highest BCUT2D eigenvalue weighted by molar-refractivity contribution is 5.84. The number of methoxy groups -OCH3 is 1. The topological polar surface area (TPSA) is 53.4 Å². The number of benzene rings is 4. The molecular formula is C37H38N2O3.